The summed E-state index contributed by atoms with van der Waals surface area (Å²) in [6.45, 7) is 2.60. The van der Waals surface area contributed by atoms with E-state index in [4.69, 9.17) is 11.6 Å². The van der Waals surface area contributed by atoms with E-state index in [2.05, 4.69) is 16.3 Å². The Morgan fingerprint density at radius 3 is 2.62 bits per heavy atom. The van der Waals surface area contributed by atoms with Crippen LogP contribution in [0.25, 0.3) is 0 Å². The first-order valence-corrected chi connectivity index (χ1v) is 7.64. The topological polar surface area (TPSA) is 15.3 Å². The van der Waals surface area contributed by atoms with E-state index in [-0.39, 0.29) is 10.8 Å². The first-order valence-electron chi connectivity index (χ1n) is 7.26. The molecule has 0 aromatic heterocycles. The lowest BCUT2D eigenvalue weighted by Gasteiger charge is -2.22. The van der Waals surface area contributed by atoms with Gasteiger partial charge < -0.3 is 10.2 Å². The van der Waals surface area contributed by atoms with Crippen molar-refractivity contribution in [3.05, 3.63) is 58.9 Å². The monoisotopic (exact) mass is 304 g/mol. The molecule has 1 N–H and O–H groups in total. The Hall–Kier alpha value is -1.74. The largest absolute Gasteiger partial charge is 0.379 e. The molecule has 2 nitrogen and oxygen atoms in total. The summed E-state index contributed by atoms with van der Waals surface area (Å²) < 4.78 is 13.9. The van der Waals surface area contributed by atoms with Crippen LogP contribution in [0.2, 0.25) is 5.02 Å². The standard InChI is InChI=1S/C17H18ClFN2/c18-14-7-5-6-13(17(14)19)12-20-15-8-1-2-9-16(15)21-10-3-4-11-21/h1-2,5-9,20H,3-4,10-12H2. The van der Waals surface area contributed by atoms with Crippen molar-refractivity contribution in [2.75, 3.05) is 23.3 Å². The van der Waals surface area contributed by atoms with Crippen molar-refractivity contribution in [2.24, 2.45) is 0 Å². The van der Waals surface area contributed by atoms with Crippen LogP contribution in [0.1, 0.15) is 18.4 Å². The molecule has 4 heteroatoms. The Kier molecular flexibility index (Phi) is 4.30. The molecule has 2 aromatic rings. The van der Waals surface area contributed by atoms with Crippen LogP contribution >= 0.6 is 11.6 Å². The number of rotatable bonds is 4. The molecule has 21 heavy (non-hydrogen) atoms. The second-order valence-corrected chi connectivity index (χ2v) is 5.68. The van der Waals surface area contributed by atoms with Gasteiger partial charge in [-0.15, -0.1) is 0 Å². The zero-order valence-corrected chi connectivity index (χ0v) is 12.5. The van der Waals surface area contributed by atoms with Gasteiger partial charge in [-0.2, -0.15) is 0 Å². The zero-order chi connectivity index (χ0) is 14.7. The SMILES string of the molecule is Fc1c(Cl)cccc1CNc1ccccc1N1CCCC1. The summed E-state index contributed by atoms with van der Waals surface area (Å²) in [6.07, 6.45) is 2.47. The molecule has 0 unspecified atom stereocenters. The lowest BCUT2D eigenvalue weighted by Crippen LogP contribution is -2.19. The lowest BCUT2D eigenvalue weighted by atomic mass is 10.2. The van der Waals surface area contributed by atoms with E-state index in [1.807, 2.05) is 18.2 Å². The summed E-state index contributed by atoms with van der Waals surface area (Å²) in [5.41, 5.74) is 2.81. The van der Waals surface area contributed by atoms with E-state index in [1.54, 1.807) is 18.2 Å². The number of halogens is 2. The molecule has 0 radical (unpaired) electrons. The fraction of sp³-hybridized carbons (Fsp3) is 0.294. The highest BCUT2D eigenvalue weighted by atomic mass is 35.5. The zero-order valence-electron chi connectivity index (χ0n) is 11.8. The normalized spacial score (nSPS) is 14.5. The summed E-state index contributed by atoms with van der Waals surface area (Å²) in [5, 5.41) is 3.50. The maximum Gasteiger partial charge on any atom is 0.146 e. The molecule has 0 saturated carbocycles. The van der Waals surface area contributed by atoms with Crippen LogP contribution in [0, 0.1) is 5.82 Å². The first-order chi connectivity index (χ1) is 10.3. The molecule has 1 saturated heterocycles. The van der Waals surface area contributed by atoms with Crippen molar-refractivity contribution < 1.29 is 4.39 Å². The molecule has 1 heterocycles. The summed E-state index contributed by atoms with van der Waals surface area (Å²) in [6, 6.07) is 13.3. The predicted molar refractivity (Wildman–Crippen MR) is 86.6 cm³/mol. The van der Waals surface area contributed by atoms with Gasteiger partial charge in [0.25, 0.3) is 0 Å². The van der Waals surface area contributed by atoms with Crippen LogP contribution < -0.4 is 10.2 Å². The van der Waals surface area contributed by atoms with Crippen LogP contribution in [-0.2, 0) is 6.54 Å². The molecule has 1 aliphatic heterocycles. The summed E-state index contributed by atoms with van der Waals surface area (Å²) >= 11 is 5.82. The molecule has 0 amide bonds. The molecule has 0 bridgehead atoms. The van der Waals surface area contributed by atoms with Gasteiger partial charge in [0.05, 0.1) is 16.4 Å². The quantitative estimate of drug-likeness (QED) is 0.881. The van der Waals surface area contributed by atoms with Gasteiger partial charge in [-0.05, 0) is 31.0 Å². The summed E-state index contributed by atoms with van der Waals surface area (Å²) in [5.74, 6) is -0.342. The van der Waals surface area contributed by atoms with Crippen molar-refractivity contribution in [1.29, 1.82) is 0 Å². The van der Waals surface area contributed by atoms with Gasteiger partial charge in [0.1, 0.15) is 5.82 Å². The Labute approximate surface area is 129 Å². The number of hydrogen-bond acceptors (Lipinski definition) is 2. The van der Waals surface area contributed by atoms with E-state index in [0.717, 1.165) is 18.8 Å². The number of nitrogens with one attached hydrogen (secondary N) is 1. The third kappa shape index (κ3) is 3.13. The third-order valence-corrected chi connectivity index (χ3v) is 4.14. The van der Waals surface area contributed by atoms with E-state index in [0.29, 0.717) is 12.1 Å². The molecule has 3 rings (SSSR count). The van der Waals surface area contributed by atoms with E-state index in [1.165, 1.54) is 18.5 Å². The van der Waals surface area contributed by atoms with Crippen molar-refractivity contribution >= 4 is 23.0 Å². The second kappa shape index (κ2) is 6.35. The average Bonchev–Trinajstić information content (AvgIpc) is 3.03. The highest BCUT2D eigenvalue weighted by Gasteiger charge is 2.15. The molecule has 0 spiro atoms. The van der Waals surface area contributed by atoms with Gasteiger partial charge in [-0.1, -0.05) is 35.9 Å². The average molecular weight is 305 g/mol. The van der Waals surface area contributed by atoms with Crippen molar-refractivity contribution in [2.45, 2.75) is 19.4 Å². The van der Waals surface area contributed by atoms with Crippen molar-refractivity contribution in [3.8, 4) is 0 Å². The van der Waals surface area contributed by atoms with Gasteiger partial charge >= 0.3 is 0 Å². The van der Waals surface area contributed by atoms with E-state index in [9.17, 15) is 4.39 Å². The molecular formula is C17H18ClFN2. The molecule has 0 aliphatic carbocycles. The Morgan fingerprint density at radius 1 is 1.05 bits per heavy atom. The summed E-state index contributed by atoms with van der Waals surface area (Å²) in [7, 11) is 0. The maximum atomic E-state index is 13.9. The molecule has 0 atom stereocenters. The molecule has 1 aliphatic rings. The molecule has 110 valence electrons. The third-order valence-electron chi connectivity index (χ3n) is 3.85. The minimum absolute atomic E-state index is 0.169. The van der Waals surface area contributed by atoms with Crippen LogP contribution in [0.15, 0.2) is 42.5 Å². The summed E-state index contributed by atoms with van der Waals surface area (Å²) in [4.78, 5) is 2.37. The van der Waals surface area contributed by atoms with E-state index >= 15 is 0 Å². The second-order valence-electron chi connectivity index (χ2n) is 5.28. The minimum Gasteiger partial charge on any atom is -0.379 e. The number of hydrogen-bond donors (Lipinski definition) is 1. The van der Waals surface area contributed by atoms with Gasteiger partial charge in [-0.25, -0.2) is 4.39 Å². The Bertz CT molecular complexity index is 624. The number of nitrogens with zero attached hydrogens (tertiary/aromatic N) is 1. The minimum atomic E-state index is -0.342. The highest BCUT2D eigenvalue weighted by molar-refractivity contribution is 6.30. The molecule has 2 aromatic carbocycles. The highest BCUT2D eigenvalue weighted by Crippen LogP contribution is 2.29. The van der Waals surface area contributed by atoms with Crippen LogP contribution in [0.5, 0.6) is 0 Å². The maximum absolute atomic E-state index is 13.9. The lowest BCUT2D eigenvalue weighted by molar-refractivity contribution is 0.613. The van der Waals surface area contributed by atoms with Crippen LogP contribution in [0.4, 0.5) is 15.8 Å². The fourth-order valence-corrected chi connectivity index (χ4v) is 2.93. The Morgan fingerprint density at radius 2 is 1.81 bits per heavy atom. The smallest absolute Gasteiger partial charge is 0.146 e. The molecular weight excluding hydrogens is 287 g/mol. The predicted octanol–water partition coefficient (Wildman–Crippen LogP) is 4.69. The van der Waals surface area contributed by atoms with Gasteiger partial charge in [-0.3, -0.25) is 0 Å². The fourth-order valence-electron chi connectivity index (χ4n) is 2.73. The van der Waals surface area contributed by atoms with Gasteiger partial charge in [0, 0.05) is 25.2 Å². The number of benzene rings is 2. The van der Waals surface area contributed by atoms with Crippen LogP contribution in [0.3, 0.4) is 0 Å². The number of anilines is 2. The van der Waals surface area contributed by atoms with Crippen molar-refractivity contribution in [3.63, 3.8) is 0 Å². The Balaban J connectivity index is 1.77. The first kappa shape index (κ1) is 14.2. The van der Waals surface area contributed by atoms with Gasteiger partial charge in [0.2, 0.25) is 0 Å². The molecule has 1 fully saturated rings. The van der Waals surface area contributed by atoms with Gasteiger partial charge in [0.15, 0.2) is 0 Å². The number of para-hydroxylation sites is 2. The van der Waals surface area contributed by atoms with Crippen LogP contribution in [-0.4, -0.2) is 13.1 Å². The van der Waals surface area contributed by atoms with E-state index < -0.39 is 0 Å². The van der Waals surface area contributed by atoms with Crippen molar-refractivity contribution in [1.82, 2.24) is 0 Å².